The van der Waals surface area contributed by atoms with Crippen LogP contribution in [0.4, 0.5) is 16.4 Å². The van der Waals surface area contributed by atoms with Crippen LogP contribution in [0, 0.1) is 0 Å². The van der Waals surface area contributed by atoms with Gasteiger partial charge in [-0.05, 0) is 59.6 Å². The van der Waals surface area contributed by atoms with E-state index in [1.807, 2.05) is 46.8 Å². The molecule has 13 heteroatoms. The minimum absolute atomic E-state index is 0.0292. The number of hydrogen-bond donors (Lipinski definition) is 2. The number of aromatic nitrogens is 7. The summed E-state index contributed by atoms with van der Waals surface area (Å²) in [6.45, 7) is 10.7. The number of nitrogens with zero attached hydrogens (tertiary/aromatic N) is 8. The molecular formula is C28H34N10O3. The molecule has 2 N–H and O–H groups in total. The summed E-state index contributed by atoms with van der Waals surface area (Å²) in [7, 11) is 0. The van der Waals surface area contributed by atoms with Crippen molar-refractivity contribution in [2.24, 2.45) is 0 Å². The van der Waals surface area contributed by atoms with Crippen LogP contribution in [-0.4, -0.2) is 76.6 Å². The lowest BCUT2D eigenvalue weighted by atomic mass is 10.1. The zero-order chi connectivity index (χ0) is 29.1. The number of hydrogen-bond acceptors (Lipinski definition) is 10. The molecule has 0 aliphatic carbocycles. The zero-order valence-electron chi connectivity index (χ0n) is 23.8. The van der Waals surface area contributed by atoms with Crippen molar-refractivity contribution in [2.45, 2.75) is 65.1 Å². The maximum atomic E-state index is 13.0. The van der Waals surface area contributed by atoms with Crippen LogP contribution in [0.1, 0.15) is 64.0 Å². The largest absolute Gasteiger partial charge is 0.444 e. The van der Waals surface area contributed by atoms with Crippen LogP contribution in [0.5, 0.6) is 0 Å². The van der Waals surface area contributed by atoms with Gasteiger partial charge in [0.25, 0.3) is 5.91 Å². The third-order valence-electron chi connectivity index (χ3n) is 6.38. The van der Waals surface area contributed by atoms with Crippen LogP contribution < -0.4 is 10.6 Å². The Kier molecular flexibility index (Phi) is 7.77. The van der Waals surface area contributed by atoms with E-state index in [0.717, 1.165) is 5.39 Å². The van der Waals surface area contributed by atoms with Gasteiger partial charge >= 0.3 is 6.09 Å². The summed E-state index contributed by atoms with van der Waals surface area (Å²) in [6.07, 6.45) is 7.66. The molecule has 0 aromatic carbocycles. The van der Waals surface area contributed by atoms with E-state index in [4.69, 9.17) is 9.72 Å². The van der Waals surface area contributed by atoms with Crippen LogP contribution in [-0.2, 0) is 4.74 Å². The molecule has 4 aromatic heterocycles. The number of rotatable bonds is 6. The van der Waals surface area contributed by atoms with E-state index in [9.17, 15) is 9.59 Å². The number of ether oxygens (including phenoxy) is 1. The van der Waals surface area contributed by atoms with Gasteiger partial charge in [0.1, 0.15) is 22.9 Å². The molecule has 0 saturated carbocycles. The molecule has 5 heterocycles. The van der Waals surface area contributed by atoms with Gasteiger partial charge in [-0.2, -0.15) is 0 Å². The summed E-state index contributed by atoms with van der Waals surface area (Å²) in [5.74, 6) is 0.584. The van der Waals surface area contributed by atoms with E-state index in [1.54, 1.807) is 40.4 Å². The number of amides is 2. The molecule has 214 valence electrons. The van der Waals surface area contributed by atoms with E-state index in [0.29, 0.717) is 54.5 Å². The Labute approximate surface area is 237 Å². The molecule has 0 bridgehead atoms. The standard InChI is InChI=1S/C28H34N10O3/c1-17(2)31-25-15-29-14-22(33-25)20-7-6-18-13-30-24(12-21(18)32-20)34-26(39)23-16-38(36-35-23)19-8-10-37(11-9-19)27(40)41-28(3,4)5/h6-7,12-17,19H,8-11H2,1-5H3,(H,31,33)(H,30,34,39). The van der Waals surface area contributed by atoms with Crippen LogP contribution in [0.15, 0.2) is 43.0 Å². The lowest BCUT2D eigenvalue weighted by molar-refractivity contribution is 0.0184. The predicted molar refractivity (Wildman–Crippen MR) is 153 cm³/mol. The Balaban J connectivity index is 1.24. The zero-order valence-corrected chi connectivity index (χ0v) is 23.8. The Bertz CT molecular complexity index is 1550. The first-order valence-corrected chi connectivity index (χ1v) is 13.6. The molecule has 0 unspecified atom stereocenters. The van der Waals surface area contributed by atoms with Crippen molar-refractivity contribution in [3.05, 3.63) is 48.7 Å². The van der Waals surface area contributed by atoms with Gasteiger partial charge < -0.3 is 20.3 Å². The van der Waals surface area contributed by atoms with Crippen molar-refractivity contribution in [3.63, 3.8) is 0 Å². The van der Waals surface area contributed by atoms with E-state index in [-0.39, 0.29) is 23.9 Å². The third kappa shape index (κ3) is 6.91. The normalized spacial score (nSPS) is 14.3. The van der Waals surface area contributed by atoms with E-state index in [2.05, 4.69) is 35.9 Å². The minimum Gasteiger partial charge on any atom is -0.444 e. The SMILES string of the molecule is CC(C)Nc1cncc(-c2ccc3cnc(NC(=O)c4cn(C5CCN(C(=O)OC(C)(C)C)CC5)nn4)cc3n2)n1. The lowest BCUT2D eigenvalue weighted by Gasteiger charge is -2.33. The maximum Gasteiger partial charge on any atom is 0.410 e. The summed E-state index contributed by atoms with van der Waals surface area (Å²) < 4.78 is 7.15. The number of carbonyl (C=O) groups is 2. The molecule has 41 heavy (non-hydrogen) atoms. The number of carbonyl (C=O) groups excluding carboxylic acids is 2. The fourth-order valence-corrected chi connectivity index (χ4v) is 4.46. The van der Waals surface area contributed by atoms with Crippen molar-refractivity contribution < 1.29 is 14.3 Å². The molecule has 0 radical (unpaired) electrons. The molecule has 4 aromatic rings. The summed E-state index contributed by atoms with van der Waals surface area (Å²) in [5, 5.41) is 15.1. The number of pyridine rings is 2. The molecule has 13 nitrogen and oxygen atoms in total. The average Bonchev–Trinajstić information content (AvgIpc) is 3.42. The number of anilines is 2. The molecule has 5 rings (SSSR count). The van der Waals surface area contributed by atoms with Crippen molar-refractivity contribution in [3.8, 4) is 11.4 Å². The van der Waals surface area contributed by atoms with Crippen molar-refractivity contribution >= 4 is 34.5 Å². The minimum atomic E-state index is -0.536. The number of nitrogens with one attached hydrogen (secondary N) is 2. The average molecular weight is 559 g/mol. The Morgan fingerprint density at radius 3 is 2.54 bits per heavy atom. The smallest absolute Gasteiger partial charge is 0.410 e. The predicted octanol–water partition coefficient (Wildman–Crippen LogP) is 4.32. The molecule has 2 amide bonds. The molecule has 0 spiro atoms. The fourth-order valence-electron chi connectivity index (χ4n) is 4.46. The molecule has 1 saturated heterocycles. The highest BCUT2D eigenvalue weighted by molar-refractivity contribution is 6.02. The molecule has 1 fully saturated rings. The Morgan fingerprint density at radius 1 is 1.02 bits per heavy atom. The van der Waals surface area contributed by atoms with Gasteiger partial charge in [-0.1, -0.05) is 5.21 Å². The van der Waals surface area contributed by atoms with Gasteiger partial charge in [0.15, 0.2) is 5.69 Å². The summed E-state index contributed by atoms with van der Waals surface area (Å²) in [5.41, 5.74) is 1.58. The molecule has 0 atom stereocenters. The van der Waals surface area contributed by atoms with Crippen LogP contribution in [0.2, 0.25) is 0 Å². The maximum absolute atomic E-state index is 13.0. The molecule has 1 aliphatic heterocycles. The number of piperidine rings is 1. The highest BCUT2D eigenvalue weighted by Gasteiger charge is 2.28. The highest BCUT2D eigenvalue weighted by Crippen LogP contribution is 2.24. The van der Waals surface area contributed by atoms with Gasteiger partial charge in [0, 0.05) is 36.8 Å². The summed E-state index contributed by atoms with van der Waals surface area (Å²) in [4.78, 5) is 44.9. The van der Waals surface area contributed by atoms with Gasteiger partial charge in [-0.3, -0.25) is 9.78 Å². The monoisotopic (exact) mass is 558 g/mol. The Morgan fingerprint density at radius 2 is 1.80 bits per heavy atom. The second-order valence-corrected chi connectivity index (χ2v) is 11.3. The van der Waals surface area contributed by atoms with E-state index < -0.39 is 11.5 Å². The Hall–Kier alpha value is -4.68. The fraction of sp³-hybridized carbons (Fsp3) is 0.429. The first-order valence-electron chi connectivity index (χ1n) is 13.6. The van der Waals surface area contributed by atoms with Gasteiger partial charge in [-0.15, -0.1) is 5.10 Å². The summed E-state index contributed by atoms with van der Waals surface area (Å²) in [6, 6.07) is 5.72. The quantitative estimate of drug-likeness (QED) is 0.350. The van der Waals surface area contributed by atoms with Crippen molar-refractivity contribution in [1.29, 1.82) is 0 Å². The molecular weight excluding hydrogens is 524 g/mol. The number of fused-ring (bicyclic) bond motifs is 1. The van der Waals surface area contributed by atoms with Crippen molar-refractivity contribution in [2.75, 3.05) is 23.7 Å². The lowest BCUT2D eigenvalue weighted by Crippen LogP contribution is -2.42. The van der Waals surface area contributed by atoms with Gasteiger partial charge in [0.05, 0.1) is 35.8 Å². The van der Waals surface area contributed by atoms with Crippen LogP contribution in [0.25, 0.3) is 22.3 Å². The topological polar surface area (TPSA) is 153 Å². The second kappa shape index (κ2) is 11.4. The highest BCUT2D eigenvalue weighted by atomic mass is 16.6. The first kappa shape index (κ1) is 27.9. The van der Waals surface area contributed by atoms with Gasteiger partial charge in [-0.25, -0.2) is 24.4 Å². The summed E-state index contributed by atoms with van der Waals surface area (Å²) >= 11 is 0. The van der Waals surface area contributed by atoms with Gasteiger partial charge in [0.2, 0.25) is 0 Å². The third-order valence-corrected chi connectivity index (χ3v) is 6.38. The van der Waals surface area contributed by atoms with Crippen LogP contribution in [0.3, 0.4) is 0 Å². The second-order valence-electron chi connectivity index (χ2n) is 11.3. The first-order chi connectivity index (χ1) is 19.5. The van der Waals surface area contributed by atoms with Crippen LogP contribution >= 0.6 is 0 Å². The number of likely N-dealkylation sites (tertiary alicyclic amines) is 1. The van der Waals surface area contributed by atoms with E-state index in [1.165, 1.54) is 0 Å². The van der Waals surface area contributed by atoms with E-state index >= 15 is 0 Å². The molecule has 1 aliphatic rings. The van der Waals surface area contributed by atoms with Crippen molar-refractivity contribution in [1.82, 2.24) is 39.8 Å².